The van der Waals surface area contributed by atoms with Crippen molar-refractivity contribution in [2.24, 2.45) is 5.92 Å². The predicted octanol–water partition coefficient (Wildman–Crippen LogP) is 5.41. The first-order chi connectivity index (χ1) is 21.7. The second-order valence-electron chi connectivity index (χ2n) is 10.1. The fraction of sp³-hybridized carbons (Fsp3) is 0.743. The van der Waals surface area contributed by atoms with Crippen LogP contribution in [0.3, 0.4) is 0 Å². The zero-order chi connectivity index (χ0) is 35.5. The molecule has 2 aliphatic rings. The van der Waals surface area contributed by atoms with Gasteiger partial charge < -0.3 is 26.2 Å². The molecule has 262 valence electrons. The third kappa shape index (κ3) is 25.8. The fourth-order valence-electron chi connectivity index (χ4n) is 4.53. The quantitative estimate of drug-likeness (QED) is 0.0743. The average Bonchev–Trinajstić information content (AvgIpc) is 3.51. The molecule has 0 radical (unpaired) electrons. The third-order valence-corrected chi connectivity index (χ3v) is 6.63. The summed E-state index contributed by atoms with van der Waals surface area (Å²) in [6.45, 7) is 19.6. The number of nitrogens with one attached hydrogen (secondary N) is 4. The van der Waals surface area contributed by atoms with Crippen LogP contribution in [0.5, 0.6) is 0 Å². The number of carbonyl (C=O) groups is 5. The second-order valence-corrected chi connectivity index (χ2v) is 10.1. The molecule has 0 aromatic carbocycles. The van der Waals surface area contributed by atoms with Crippen LogP contribution in [0.2, 0.25) is 0 Å². The van der Waals surface area contributed by atoms with Crippen LogP contribution in [0.4, 0.5) is 4.79 Å². The average molecular weight is 638 g/mol. The van der Waals surface area contributed by atoms with Crippen LogP contribution in [0, 0.1) is 18.3 Å². The zero-order valence-electron chi connectivity index (χ0n) is 30.0. The van der Waals surface area contributed by atoms with Crippen molar-refractivity contribution in [3.63, 3.8) is 0 Å². The van der Waals surface area contributed by atoms with Gasteiger partial charge in [-0.2, -0.15) is 0 Å². The summed E-state index contributed by atoms with van der Waals surface area (Å²) in [5, 5.41) is 10.6. The van der Waals surface area contributed by atoms with Crippen LogP contribution >= 0.6 is 0 Å². The van der Waals surface area contributed by atoms with Crippen molar-refractivity contribution in [1.82, 2.24) is 26.2 Å². The summed E-state index contributed by atoms with van der Waals surface area (Å²) in [7, 11) is 3.48. The van der Waals surface area contributed by atoms with Crippen molar-refractivity contribution in [2.45, 2.75) is 137 Å². The van der Waals surface area contributed by atoms with Crippen molar-refractivity contribution in [2.75, 3.05) is 27.2 Å². The van der Waals surface area contributed by atoms with Gasteiger partial charge in [-0.05, 0) is 58.4 Å². The van der Waals surface area contributed by atoms with Gasteiger partial charge in [0.15, 0.2) is 6.29 Å². The van der Waals surface area contributed by atoms with Crippen molar-refractivity contribution < 1.29 is 24.0 Å². The second kappa shape index (κ2) is 37.0. The number of likely N-dealkylation sites (N-methyl/N-ethyl adjacent to an activating group) is 1. The summed E-state index contributed by atoms with van der Waals surface area (Å²) in [6, 6.07) is -1.01. The van der Waals surface area contributed by atoms with Crippen LogP contribution < -0.4 is 21.3 Å². The Morgan fingerprint density at radius 1 is 1.00 bits per heavy atom. The Balaban J connectivity index is -0.000000289. The number of urea groups is 1. The molecular formula is C35H67N5O5. The number of hydrogen-bond acceptors (Lipinski definition) is 6. The van der Waals surface area contributed by atoms with Gasteiger partial charge in [0.1, 0.15) is 6.04 Å². The van der Waals surface area contributed by atoms with Gasteiger partial charge in [-0.3, -0.25) is 19.2 Å². The van der Waals surface area contributed by atoms with Crippen molar-refractivity contribution in [1.29, 1.82) is 0 Å². The Bertz CT molecular complexity index is 794. The van der Waals surface area contributed by atoms with E-state index in [1.807, 2.05) is 45.7 Å². The summed E-state index contributed by atoms with van der Waals surface area (Å²) >= 11 is 0. The molecule has 1 aliphatic carbocycles. The molecule has 1 saturated carbocycles. The number of unbranched alkanes of at least 4 members (excludes halogenated alkanes) is 1. The van der Waals surface area contributed by atoms with E-state index in [0.717, 1.165) is 38.8 Å². The maximum atomic E-state index is 12.8. The number of nitrogens with zero attached hydrogens (tertiary/aromatic N) is 1. The van der Waals surface area contributed by atoms with Crippen LogP contribution in [0.1, 0.15) is 119 Å². The van der Waals surface area contributed by atoms with Gasteiger partial charge in [-0.1, -0.05) is 73.3 Å². The highest BCUT2D eigenvalue weighted by molar-refractivity contribution is 6.27. The molecule has 2 fully saturated rings. The number of terminal acetylenes is 1. The standard InChI is InChI=1S/C15H27N3O2.C9H11NO3.C4H9N.C3H8.2C2H6/c1-11-7-6-10-18(11)14(19)13(17-15(20)16-2)12-8-4-3-5-9-12;1-2-3-4-5-8(10-7-12)9(13)6-11;1-3-4-5-2;1-3-2;2*1-2/h11-13H,3-10H2,1-2H3,(H2,16,17,20);1,6-8H,3-5H2,(H,10,12);3,5H,1,4H2,2H3;3H2,1-2H3;2*1-2H3. The number of hydrogen-bond donors (Lipinski definition) is 4. The number of likely N-dealkylation sites (tertiary alicyclic amines) is 1. The number of carbonyl (C=O) groups excluding carboxylic acids is 5. The molecule has 4 N–H and O–H groups in total. The van der Waals surface area contributed by atoms with Crippen molar-refractivity contribution >= 4 is 30.4 Å². The van der Waals surface area contributed by atoms with Crippen molar-refractivity contribution in [3.8, 4) is 12.3 Å². The predicted molar refractivity (Wildman–Crippen MR) is 188 cm³/mol. The molecule has 0 aromatic rings. The fourth-order valence-corrected chi connectivity index (χ4v) is 4.53. The van der Waals surface area contributed by atoms with E-state index >= 15 is 0 Å². The molecule has 4 amide bonds. The first-order valence-corrected chi connectivity index (χ1v) is 16.9. The van der Waals surface area contributed by atoms with Crippen molar-refractivity contribution in [3.05, 3.63) is 12.7 Å². The maximum Gasteiger partial charge on any atom is 0.315 e. The van der Waals surface area contributed by atoms with E-state index in [0.29, 0.717) is 37.6 Å². The molecule has 10 nitrogen and oxygen atoms in total. The minimum Gasteiger partial charge on any atom is -0.348 e. The molecule has 3 atom stereocenters. The van der Waals surface area contributed by atoms with Crippen LogP contribution in [0.25, 0.3) is 0 Å². The highest BCUT2D eigenvalue weighted by Gasteiger charge is 2.36. The smallest absolute Gasteiger partial charge is 0.315 e. The summed E-state index contributed by atoms with van der Waals surface area (Å²) in [4.78, 5) is 57.4. The van der Waals surface area contributed by atoms with Gasteiger partial charge in [-0.25, -0.2) is 4.79 Å². The molecule has 45 heavy (non-hydrogen) atoms. The minimum absolute atomic E-state index is 0.116. The van der Waals surface area contributed by atoms with E-state index in [9.17, 15) is 24.0 Å². The molecule has 0 spiro atoms. The molecule has 0 bridgehead atoms. The lowest BCUT2D eigenvalue weighted by molar-refractivity contribution is -0.135. The third-order valence-electron chi connectivity index (χ3n) is 6.63. The molecular weight excluding hydrogens is 570 g/mol. The van der Waals surface area contributed by atoms with Gasteiger partial charge >= 0.3 is 6.03 Å². The van der Waals surface area contributed by atoms with E-state index in [4.69, 9.17) is 6.42 Å². The monoisotopic (exact) mass is 638 g/mol. The number of aldehydes is 1. The van der Waals surface area contributed by atoms with E-state index in [2.05, 4.69) is 54.5 Å². The Kier molecular flexibility index (Phi) is 40.0. The molecule has 2 rings (SSSR count). The first-order valence-electron chi connectivity index (χ1n) is 16.9. The Morgan fingerprint density at radius 2 is 1.58 bits per heavy atom. The number of Topliss-reactive ketones (excluding diaryl/α,β-unsaturated/α-hetero) is 1. The molecule has 0 aromatic heterocycles. The summed E-state index contributed by atoms with van der Waals surface area (Å²) in [6.07, 6.45) is 18.0. The molecule has 1 saturated heterocycles. The summed E-state index contributed by atoms with van der Waals surface area (Å²) < 4.78 is 0. The Labute approximate surface area is 275 Å². The SMILES string of the molecule is C#CCCCC(NC=O)C(=O)C=O.C=CCNC.CC.CC.CCC.CNC(=O)NC(C(=O)N1CCCC1C)C1CCCCC1. The van der Waals surface area contributed by atoms with Crippen LogP contribution in [0.15, 0.2) is 12.7 Å². The molecule has 3 unspecified atom stereocenters. The highest BCUT2D eigenvalue weighted by atomic mass is 16.2. The lowest BCUT2D eigenvalue weighted by Crippen LogP contribution is -2.55. The number of rotatable bonds is 12. The lowest BCUT2D eigenvalue weighted by atomic mass is 9.83. The molecule has 1 heterocycles. The molecule has 10 heteroatoms. The maximum absolute atomic E-state index is 12.8. The molecule has 1 aliphatic heterocycles. The normalized spacial score (nSPS) is 15.9. The first kappa shape index (κ1) is 48.7. The topological polar surface area (TPSA) is 137 Å². The van der Waals surface area contributed by atoms with Crippen LogP contribution in [-0.2, 0) is 19.2 Å². The van der Waals surface area contributed by atoms with Gasteiger partial charge in [0.05, 0.1) is 6.04 Å². The van der Waals surface area contributed by atoms with E-state index < -0.39 is 11.8 Å². The number of ketones is 1. The van der Waals surface area contributed by atoms with Gasteiger partial charge in [0.2, 0.25) is 18.1 Å². The van der Waals surface area contributed by atoms with Gasteiger partial charge in [-0.15, -0.1) is 18.9 Å². The van der Waals surface area contributed by atoms with E-state index in [1.165, 1.54) is 25.7 Å². The Hall–Kier alpha value is -3.19. The van der Waals surface area contributed by atoms with Gasteiger partial charge in [0, 0.05) is 32.6 Å². The summed E-state index contributed by atoms with van der Waals surface area (Å²) in [5.41, 5.74) is 0. The van der Waals surface area contributed by atoms with E-state index in [1.54, 1.807) is 7.05 Å². The number of amides is 4. The Morgan fingerprint density at radius 3 is 1.96 bits per heavy atom. The minimum atomic E-state index is -0.719. The lowest BCUT2D eigenvalue weighted by Gasteiger charge is -2.34. The van der Waals surface area contributed by atoms with Gasteiger partial charge in [0.25, 0.3) is 0 Å². The van der Waals surface area contributed by atoms with E-state index in [-0.39, 0.29) is 24.3 Å². The largest absolute Gasteiger partial charge is 0.348 e. The van der Waals surface area contributed by atoms with Crippen LogP contribution in [-0.4, -0.2) is 80.6 Å². The zero-order valence-corrected chi connectivity index (χ0v) is 30.0. The highest BCUT2D eigenvalue weighted by Crippen LogP contribution is 2.29. The summed E-state index contributed by atoms with van der Waals surface area (Å²) in [5.74, 6) is 2.19.